The molecule has 0 aliphatic heterocycles. The van der Waals surface area contributed by atoms with Gasteiger partial charge in [-0.2, -0.15) is 0 Å². The Hall–Kier alpha value is -1.60. The minimum atomic E-state index is -0.0794. The van der Waals surface area contributed by atoms with Gasteiger partial charge in [0.2, 0.25) is 0 Å². The third-order valence-electron chi connectivity index (χ3n) is 3.37. The van der Waals surface area contributed by atoms with Gasteiger partial charge in [0.25, 0.3) is 0 Å². The number of thiophene rings is 1. The molecule has 1 aromatic rings. The first-order chi connectivity index (χ1) is 10.2. The normalized spacial score (nSPS) is 12.3. The van der Waals surface area contributed by atoms with Gasteiger partial charge < -0.3 is 4.90 Å². The molecule has 120 valence electrons. The van der Waals surface area contributed by atoms with E-state index in [1.165, 1.54) is 11.3 Å². The summed E-state index contributed by atoms with van der Waals surface area (Å²) < 4.78 is 0. The van der Waals surface area contributed by atoms with Gasteiger partial charge in [0.15, 0.2) is 12.1 Å². The molecule has 0 bridgehead atoms. The van der Waals surface area contributed by atoms with Crippen molar-refractivity contribution < 1.29 is 9.59 Å². The van der Waals surface area contributed by atoms with Gasteiger partial charge in [-0.05, 0) is 33.3 Å². The summed E-state index contributed by atoms with van der Waals surface area (Å²) in [5.74, 6) is 6.52. The van der Waals surface area contributed by atoms with Gasteiger partial charge in [-0.1, -0.05) is 25.7 Å². The largest absolute Gasteiger partial charge is 0.366 e. The maximum absolute atomic E-state index is 12.1. The number of carbonyl (C=O) groups is 2. The zero-order valence-electron chi connectivity index (χ0n) is 14.3. The number of aldehydes is 1. The third kappa shape index (κ3) is 5.31. The molecule has 0 aromatic carbocycles. The maximum atomic E-state index is 12.1. The molecule has 0 N–H and O–H groups in total. The van der Waals surface area contributed by atoms with Gasteiger partial charge in [0.05, 0.1) is 22.0 Å². The van der Waals surface area contributed by atoms with Crippen LogP contribution in [0, 0.1) is 23.2 Å². The predicted octanol–water partition coefficient (Wildman–Crippen LogP) is 4.01. The Morgan fingerprint density at radius 1 is 1.45 bits per heavy atom. The smallest absolute Gasteiger partial charge is 0.162 e. The Morgan fingerprint density at radius 3 is 2.59 bits per heavy atom. The van der Waals surface area contributed by atoms with E-state index in [0.717, 1.165) is 23.3 Å². The van der Waals surface area contributed by atoms with E-state index < -0.39 is 0 Å². The van der Waals surface area contributed by atoms with Crippen molar-refractivity contribution in [3.63, 3.8) is 0 Å². The number of hydrogen-bond acceptors (Lipinski definition) is 4. The zero-order valence-corrected chi connectivity index (χ0v) is 15.1. The fraction of sp³-hybridized carbons (Fsp3) is 0.556. The Bertz CT molecular complexity index is 599. The second-order valence-corrected chi connectivity index (χ2v) is 7.69. The number of ketones is 1. The maximum Gasteiger partial charge on any atom is 0.162 e. The lowest BCUT2D eigenvalue weighted by Gasteiger charge is -2.19. The van der Waals surface area contributed by atoms with Crippen molar-refractivity contribution in [3.05, 3.63) is 15.8 Å². The third-order valence-corrected chi connectivity index (χ3v) is 4.34. The molecule has 0 saturated heterocycles. The Kier molecular flexibility index (Phi) is 6.37. The molecule has 0 aliphatic rings. The van der Waals surface area contributed by atoms with Crippen LogP contribution in [0.5, 0.6) is 0 Å². The van der Waals surface area contributed by atoms with Crippen molar-refractivity contribution in [3.8, 4) is 11.8 Å². The second-order valence-electron chi connectivity index (χ2n) is 6.61. The van der Waals surface area contributed by atoms with E-state index in [9.17, 15) is 9.59 Å². The van der Waals surface area contributed by atoms with Crippen LogP contribution in [0.3, 0.4) is 0 Å². The second kappa shape index (κ2) is 7.60. The minimum absolute atomic E-state index is 0.0425. The molecular weight excluding hydrogens is 294 g/mol. The average molecular weight is 319 g/mol. The number of nitrogens with zero attached hydrogens (tertiary/aromatic N) is 1. The van der Waals surface area contributed by atoms with Crippen LogP contribution in [0.1, 0.15) is 55.6 Å². The number of rotatable bonds is 6. The van der Waals surface area contributed by atoms with E-state index in [4.69, 9.17) is 0 Å². The van der Waals surface area contributed by atoms with Crippen LogP contribution in [-0.4, -0.2) is 25.7 Å². The summed E-state index contributed by atoms with van der Waals surface area (Å²) in [6.45, 7) is 10.4. The molecule has 3 nitrogen and oxygen atoms in total. The number of hydrogen-bond donors (Lipinski definition) is 0. The molecule has 0 aliphatic carbocycles. The van der Waals surface area contributed by atoms with Crippen molar-refractivity contribution in [2.45, 2.75) is 41.0 Å². The van der Waals surface area contributed by atoms with Gasteiger partial charge in [-0.3, -0.25) is 9.59 Å². The highest BCUT2D eigenvalue weighted by atomic mass is 32.1. The fourth-order valence-corrected chi connectivity index (χ4v) is 2.67. The molecule has 22 heavy (non-hydrogen) atoms. The molecule has 0 amide bonds. The first-order valence-corrected chi connectivity index (χ1v) is 8.35. The van der Waals surface area contributed by atoms with Gasteiger partial charge in [0, 0.05) is 18.4 Å². The van der Waals surface area contributed by atoms with Gasteiger partial charge in [0.1, 0.15) is 0 Å². The zero-order chi connectivity index (χ0) is 16.9. The Labute approximate surface area is 137 Å². The lowest BCUT2D eigenvalue weighted by atomic mass is 9.98. The molecule has 1 heterocycles. The quantitative estimate of drug-likeness (QED) is 0.587. The van der Waals surface area contributed by atoms with E-state index in [0.29, 0.717) is 11.4 Å². The lowest BCUT2D eigenvalue weighted by Crippen LogP contribution is -2.29. The molecular formula is C18H25NO2S. The molecule has 0 spiro atoms. The van der Waals surface area contributed by atoms with Crippen LogP contribution >= 0.6 is 11.3 Å². The summed E-state index contributed by atoms with van der Waals surface area (Å²) in [6, 6.07) is 1.90. The van der Waals surface area contributed by atoms with Crippen molar-refractivity contribution in [1.82, 2.24) is 0 Å². The van der Waals surface area contributed by atoms with Crippen molar-refractivity contribution >= 4 is 29.1 Å². The van der Waals surface area contributed by atoms with E-state index in [-0.39, 0.29) is 17.1 Å². The Balaban J connectivity index is 2.98. The SMILES string of the molecule is CCC(C)C(=O)CN(C)c1cc(C#CC(C)(C)C)sc1C=O. The van der Waals surface area contributed by atoms with Gasteiger partial charge in [-0.15, -0.1) is 11.3 Å². The molecule has 0 saturated carbocycles. The number of anilines is 1. The van der Waals surface area contributed by atoms with E-state index >= 15 is 0 Å². The van der Waals surface area contributed by atoms with Crippen molar-refractivity contribution in [2.24, 2.45) is 11.3 Å². The lowest BCUT2D eigenvalue weighted by molar-refractivity contribution is -0.121. The van der Waals surface area contributed by atoms with E-state index in [1.807, 2.05) is 52.6 Å². The molecule has 0 radical (unpaired) electrons. The van der Waals surface area contributed by atoms with E-state index in [2.05, 4.69) is 11.8 Å². The first-order valence-electron chi connectivity index (χ1n) is 7.54. The standard InChI is InChI=1S/C18H25NO2S/c1-7-13(2)16(21)11-19(6)15-10-14(22-17(15)12-20)8-9-18(3,4)5/h10,12-13H,7,11H2,1-6H3. The monoisotopic (exact) mass is 319 g/mol. The van der Waals surface area contributed by atoms with Crippen molar-refractivity contribution in [1.29, 1.82) is 0 Å². The summed E-state index contributed by atoms with van der Waals surface area (Å²) >= 11 is 1.38. The Morgan fingerprint density at radius 2 is 2.09 bits per heavy atom. The summed E-state index contributed by atoms with van der Waals surface area (Å²) in [7, 11) is 1.84. The highest BCUT2D eigenvalue weighted by Gasteiger charge is 2.17. The summed E-state index contributed by atoms with van der Waals surface area (Å²) in [4.78, 5) is 26.7. The van der Waals surface area contributed by atoms with Crippen LogP contribution in [0.4, 0.5) is 5.69 Å². The first kappa shape index (κ1) is 18.4. The number of likely N-dealkylation sites (N-methyl/N-ethyl adjacent to an activating group) is 1. The molecule has 1 aromatic heterocycles. The molecule has 1 atom stereocenters. The highest BCUT2D eigenvalue weighted by Crippen LogP contribution is 2.28. The fourth-order valence-electron chi connectivity index (χ4n) is 1.79. The van der Waals surface area contributed by atoms with Gasteiger partial charge in [-0.25, -0.2) is 0 Å². The van der Waals surface area contributed by atoms with Crippen LogP contribution in [-0.2, 0) is 4.79 Å². The summed E-state index contributed by atoms with van der Waals surface area (Å²) in [6.07, 6.45) is 1.67. The van der Waals surface area contributed by atoms with Crippen molar-refractivity contribution in [2.75, 3.05) is 18.5 Å². The molecule has 1 unspecified atom stereocenters. The summed E-state index contributed by atoms with van der Waals surface area (Å²) in [5, 5.41) is 0. The highest BCUT2D eigenvalue weighted by molar-refractivity contribution is 7.14. The van der Waals surface area contributed by atoms with Gasteiger partial charge >= 0.3 is 0 Å². The summed E-state index contributed by atoms with van der Waals surface area (Å²) in [5.41, 5.74) is 0.707. The number of carbonyl (C=O) groups excluding carboxylic acids is 2. The van der Waals surface area contributed by atoms with Crippen LogP contribution in [0.2, 0.25) is 0 Å². The van der Waals surface area contributed by atoms with E-state index in [1.54, 1.807) is 0 Å². The minimum Gasteiger partial charge on any atom is -0.366 e. The molecule has 0 fully saturated rings. The molecule has 4 heteroatoms. The van der Waals surface area contributed by atoms with Crippen LogP contribution in [0.15, 0.2) is 6.07 Å². The average Bonchev–Trinajstić information content (AvgIpc) is 2.86. The predicted molar refractivity (Wildman–Crippen MR) is 93.8 cm³/mol. The number of Topliss-reactive ketones (excluding diaryl/α,β-unsaturated/α-hetero) is 1. The van der Waals surface area contributed by atoms with Crippen LogP contribution in [0.25, 0.3) is 0 Å². The molecule has 1 rings (SSSR count). The topological polar surface area (TPSA) is 37.4 Å². The van der Waals surface area contributed by atoms with Crippen LogP contribution < -0.4 is 4.90 Å².